The lowest BCUT2D eigenvalue weighted by molar-refractivity contribution is -0.117. The van der Waals surface area contributed by atoms with E-state index in [-0.39, 0.29) is 11.8 Å². The van der Waals surface area contributed by atoms with Gasteiger partial charge in [-0.05, 0) is 44.4 Å². The number of aromatic nitrogens is 3. The molecule has 0 aliphatic heterocycles. The molecule has 0 saturated heterocycles. The summed E-state index contributed by atoms with van der Waals surface area (Å²) >= 11 is 0. The average molecular weight is 389 g/mol. The molecule has 1 fully saturated rings. The summed E-state index contributed by atoms with van der Waals surface area (Å²) in [6.07, 6.45) is 6.99. The van der Waals surface area contributed by atoms with Crippen LogP contribution in [0.3, 0.4) is 0 Å². The average Bonchev–Trinajstić information content (AvgIpc) is 3.55. The van der Waals surface area contributed by atoms with Crippen LogP contribution in [0.5, 0.6) is 0 Å². The molecule has 4 N–H and O–H groups in total. The minimum atomic E-state index is 0.00450. The first-order chi connectivity index (χ1) is 14.0. The van der Waals surface area contributed by atoms with E-state index in [1.165, 1.54) is 0 Å². The SMILES string of the molecule is CCNc1ncc(C(N)=Nc2ccc(C)cn2)c2cc(NC(=O)C3CC3)ncc12. The molecule has 0 radical (unpaired) electrons. The molecule has 1 aliphatic rings. The third-order valence-corrected chi connectivity index (χ3v) is 4.72. The number of hydrogen-bond donors (Lipinski definition) is 3. The number of aliphatic imine (C=N–C) groups is 1. The molecular weight excluding hydrogens is 366 g/mol. The van der Waals surface area contributed by atoms with E-state index in [1.807, 2.05) is 32.0 Å². The first kappa shape index (κ1) is 18.8. The van der Waals surface area contributed by atoms with Gasteiger partial charge in [0.05, 0.1) is 0 Å². The van der Waals surface area contributed by atoms with Crippen LogP contribution in [0.4, 0.5) is 17.5 Å². The predicted octanol–water partition coefficient (Wildman–Crippen LogP) is 3.15. The maximum atomic E-state index is 12.1. The van der Waals surface area contributed by atoms with Gasteiger partial charge in [-0.3, -0.25) is 4.79 Å². The van der Waals surface area contributed by atoms with Crippen LogP contribution in [0.15, 0.2) is 41.8 Å². The third-order valence-electron chi connectivity index (χ3n) is 4.72. The van der Waals surface area contributed by atoms with Crippen LogP contribution < -0.4 is 16.4 Å². The molecule has 0 unspecified atom stereocenters. The number of aryl methyl sites for hydroxylation is 1. The van der Waals surface area contributed by atoms with Crippen LogP contribution in [0.25, 0.3) is 10.8 Å². The minimum Gasteiger partial charge on any atom is -0.383 e. The van der Waals surface area contributed by atoms with Crippen molar-refractivity contribution in [2.45, 2.75) is 26.7 Å². The van der Waals surface area contributed by atoms with Crippen molar-refractivity contribution in [1.29, 1.82) is 0 Å². The summed E-state index contributed by atoms with van der Waals surface area (Å²) in [5, 5.41) is 7.73. The number of nitrogens with zero attached hydrogens (tertiary/aromatic N) is 4. The summed E-state index contributed by atoms with van der Waals surface area (Å²) in [4.78, 5) is 29.7. The maximum Gasteiger partial charge on any atom is 0.228 e. The summed E-state index contributed by atoms with van der Waals surface area (Å²) < 4.78 is 0. The van der Waals surface area contributed by atoms with Crippen LogP contribution in [-0.2, 0) is 4.79 Å². The largest absolute Gasteiger partial charge is 0.383 e. The summed E-state index contributed by atoms with van der Waals surface area (Å²) in [7, 11) is 0. The molecule has 1 saturated carbocycles. The summed E-state index contributed by atoms with van der Waals surface area (Å²) in [6, 6.07) is 5.56. The van der Waals surface area contributed by atoms with E-state index >= 15 is 0 Å². The van der Waals surface area contributed by atoms with Crippen molar-refractivity contribution in [2.24, 2.45) is 16.6 Å². The van der Waals surface area contributed by atoms with Gasteiger partial charge < -0.3 is 16.4 Å². The molecule has 1 amide bonds. The first-order valence-electron chi connectivity index (χ1n) is 9.66. The monoisotopic (exact) mass is 389 g/mol. The maximum absolute atomic E-state index is 12.1. The topological polar surface area (TPSA) is 118 Å². The number of nitrogens with two attached hydrogens (primary N) is 1. The number of nitrogens with one attached hydrogen (secondary N) is 2. The standard InChI is InChI=1S/C21H23N7O/c1-3-23-20-16-11-25-18(28-21(29)13-5-6-13)8-14(16)15(10-26-20)19(22)27-17-7-4-12(2)9-24-17/h4,7-11,13H,3,5-6H2,1-2H3,(H,23,26)(H2,22,24,27)(H,25,28,29). The molecule has 0 atom stereocenters. The van der Waals surface area contributed by atoms with Crippen molar-refractivity contribution in [3.05, 3.63) is 47.9 Å². The Kier molecular flexibility index (Phi) is 5.07. The zero-order chi connectivity index (χ0) is 20.4. The molecule has 3 heterocycles. The van der Waals surface area contributed by atoms with Gasteiger partial charge in [-0.1, -0.05) is 6.07 Å². The smallest absolute Gasteiger partial charge is 0.228 e. The zero-order valence-electron chi connectivity index (χ0n) is 16.4. The highest BCUT2D eigenvalue weighted by atomic mass is 16.2. The number of rotatable bonds is 6. The first-order valence-corrected chi connectivity index (χ1v) is 9.66. The van der Waals surface area contributed by atoms with Gasteiger partial charge in [0.25, 0.3) is 0 Å². The second-order valence-corrected chi connectivity index (χ2v) is 7.12. The van der Waals surface area contributed by atoms with E-state index in [1.54, 1.807) is 18.6 Å². The lowest BCUT2D eigenvalue weighted by Crippen LogP contribution is -2.16. The molecule has 148 valence electrons. The number of carbonyl (C=O) groups excluding carboxylic acids is 1. The van der Waals surface area contributed by atoms with Crippen molar-refractivity contribution in [3.8, 4) is 0 Å². The van der Waals surface area contributed by atoms with Gasteiger partial charge >= 0.3 is 0 Å². The van der Waals surface area contributed by atoms with E-state index in [9.17, 15) is 4.79 Å². The van der Waals surface area contributed by atoms with E-state index in [4.69, 9.17) is 5.73 Å². The highest BCUT2D eigenvalue weighted by Crippen LogP contribution is 2.31. The van der Waals surface area contributed by atoms with Gasteiger partial charge in [-0.15, -0.1) is 0 Å². The fourth-order valence-corrected chi connectivity index (χ4v) is 3.00. The van der Waals surface area contributed by atoms with Crippen molar-refractivity contribution >= 4 is 40.0 Å². The van der Waals surface area contributed by atoms with E-state index in [0.717, 1.165) is 35.7 Å². The fraction of sp³-hybridized carbons (Fsp3) is 0.286. The number of anilines is 2. The summed E-state index contributed by atoms with van der Waals surface area (Å²) in [5.41, 5.74) is 8.02. The summed E-state index contributed by atoms with van der Waals surface area (Å²) in [6.45, 7) is 4.68. The molecule has 3 aromatic heterocycles. The number of pyridine rings is 3. The van der Waals surface area contributed by atoms with Crippen LogP contribution in [0.1, 0.15) is 30.9 Å². The number of carbonyl (C=O) groups is 1. The molecule has 3 aromatic rings. The third kappa shape index (κ3) is 4.16. The van der Waals surface area contributed by atoms with E-state index in [0.29, 0.717) is 28.9 Å². The second-order valence-electron chi connectivity index (χ2n) is 7.12. The minimum absolute atomic E-state index is 0.00450. The Balaban J connectivity index is 1.77. The van der Waals surface area contributed by atoms with Crippen LogP contribution in [0.2, 0.25) is 0 Å². The number of fused-ring (bicyclic) bond motifs is 1. The van der Waals surface area contributed by atoms with Gasteiger partial charge in [0.15, 0.2) is 5.82 Å². The molecular formula is C21H23N7O. The van der Waals surface area contributed by atoms with Gasteiger partial charge in [0, 0.05) is 47.4 Å². The number of amidine groups is 1. The molecule has 4 rings (SSSR count). The fourth-order valence-electron chi connectivity index (χ4n) is 3.00. The van der Waals surface area contributed by atoms with Crippen LogP contribution in [-0.4, -0.2) is 33.2 Å². The lowest BCUT2D eigenvalue weighted by Gasteiger charge is -2.12. The Morgan fingerprint density at radius 1 is 1.17 bits per heavy atom. The van der Waals surface area contributed by atoms with Crippen molar-refractivity contribution in [1.82, 2.24) is 15.0 Å². The lowest BCUT2D eigenvalue weighted by atomic mass is 10.1. The molecule has 29 heavy (non-hydrogen) atoms. The normalized spacial score (nSPS) is 14.1. The summed E-state index contributed by atoms with van der Waals surface area (Å²) in [5.74, 6) is 2.12. The Labute approximate surface area is 168 Å². The van der Waals surface area contributed by atoms with Crippen molar-refractivity contribution in [2.75, 3.05) is 17.2 Å². The quantitative estimate of drug-likeness (QED) is 0.440. The van der Waals surface area contributed by atoms with Gasteiger partial charge in [-0.2, -0.15) is 0 Å². The molecule has 0 aromatic carbocycles. The molecule has 0 spiro atoms. The Hall–Kier alpha value is -3.55. The zero-order valence-corrected chi connectivity index (χ0v) is 16.4. The number of hydrogen-bond acceptors (Lipinski definition) is 6. The highest BCUT2D eigenvalue weighted by molar-refractivity contribution is 6.12. The molecule has 1 aliphatic carbocycles. The Bertz CT molecular complexity index is 1090. The Morgan fingerprint density at radius 2 is 2.00 bits per heavy atom. The van der Waals surface area contributed by atoms with E-state index < -0.39 is 0 Å². The van der Waals surface area contributed by atoms with Crippen molar-refractivity contribution in [3.63, 3.8) is 0 Å². The van der Waals surface area contributed by atoms with Gasteiger partial charge in [-0.25, -0.2) is 19.9 Å². The molecule has 8 heteroatoms. The van der Waals surface area contributed by atoms with Gasteiger partial charge in [0.1, 0.15) is 17.5 Å². The van der Waals surface area contributed by atoms with Gasteiger partial charge in [0.2, 0.25) is 5.91 Å². The Morgan fingerprint density at radius 3 is 2.69 bits per heavy atom. The second kappa shape index (κ2) is 7.83. The highest BCUT2D eigenvalue weighted by Gasteiger charge is 2.29. The van der Waals surface area contributed by atoms with E-state index in [2.05, 4.69) is 30.6 Å². The predicted molar refractivity (Wildman–Crippen MR) is 114 cm³/mol. The molecule has 8 nitrogen and oxygen atoms in total. The van der Waals surface area contributed by atoms with Crippen molar-refractivity contribution < 1.29 is 4.79 Å². The van der Waals surface area contributed by atoms with Crippen LogP contribution in [0, 0.1) is 12.8 Å². The van der Waals surface area contributed by atoms with Crippen LogP contribution >= 0.6 is 0 Å². The number of amides is 1. The molecule has 0 bridgehead atoms.